The Bertz CT molecular complexity index is 364. The molecule has 1 rings (SSSR count). The van der Waals surface area contributed by atoms with Crippen molar-refractivity contribution in [1.82, 2.24) is 5.32 Å². The molecule has 1 N–H and O–H groups in total. The van der Waals surface area contributed by atoms with E-state index in [0.717, 1.165) is 18.7 Å². The van der Waals surface area contributed by atoms with E-state index in [2.05, 4.69) is 71.1 Å². The van der Waals surface area contributed by atoms with Gasteiger partial charge in [-0.15, -0.1) is 0 Å². The van der Waals surface area contributed by atoms with Gasteiger partial charge in [-0.3, -0.25) is 0 Å². The van der Waals surface area contributed by atoms with Gasteiger partial charge in [-0.1, -0.05) is 39.8 Å². The highest BCUT2D eigenvalue weighted by Crippen LogP contribution is 2.20. The van der Waals surface area contributed by atoms with Crippen LogP contribution in [0.15, 0.2) is 24.3 Å². The molecule has 0 saturated heterocycles. The lowest BCUT2D eigenvalue weighted by Gasteiger charge is -2.23. The normalized spacial score (nSPS) is 15.1. The van der Waals surface area contributed by atoms with E-state index < -0.39 is 0 Å². The van der Waals surface area contributed by atoms with Gasteiger partial charge < -0.3 is 10.1 Å². The highest BCUT2D eigenvalue weighted by molar-refractivity contribution is 5.29. The van der Waals surface area contributed by atoms with E-state index in [0.29, 0.717) is 11.5 Å². The van der Waals surface area contributed by atoms with E-state index in [-0.39, 0.29) is 6.10 Å². The highest BCUT2D eigenvalue weighted by atomic mass is 16.5. The fourth-order valence-corrected chi connectivity index (χ4v) is 1.73. The van der Waals surface area contributed by atoms with E-state index in [1.807, 2.05) is 0 Å². The number of benzene rings is 1. The quantitative estimate of drug-likeness (QED) is 0.812. The van der Waals surface area contributed by atoms with Crippen LogP contribution in [-0.4, -0.2) is 12.6 Å². The van der Waals surface area contributed by atoms with Gasteiger partial charge >= 0.3 is 0 Å². The van der Waals surface area contributed by atoms with Gasteiger partial charge in [0.05, 0.1) is 6.10 Å². The summed E-state index contributed by atoms with van der Waals surface area (Å²) in [4.78, 5) is 0. The number of ether oxygens (including phenoxy) is 1. The third-order valence-corrected chi connectivity index (χ3v) is 3.23. The van der Waals surface area contributed by atoms with Crippen molar-refractivity contribution in [3.63, 3.8) is 0 Å². The van der Waals surface area contributed by atoms with Crippen molar-refractivity contribution in [3.05, 3.63) is 29.8 Å². The van der Waals surface area contributed by atoms with Gasteiger partial charge in [-0.2, -0.15) is 0 Å². The molecule has 2 atom stereocenters. The molecule has 0 aliphatic carbocycles. The van der Waals surface area contributed by atoms with Gasteiger partial charge in [-0.25, -0.2) is 0 Å². The molecule has 108 valence electrons. The summed E-state index contributed by atoms with van der Waals surface area (Å²) in [5, 5.41) is 3.57. The summed E-state index contributed by atoms with van der Waals surface area (Å²) in [6, 6.07) is 8.81. The standard InChI is InChI=1S/C17H29NO/c1-7-13(2)19-16-10-8-15(9-11-16)14(3)18-12-17(4,5)6/h8-11,13-14,18H,7,12H2,1-6H3. The first-order valence-electron chi connectivity index (χ1n) is 7.32. The second-order valence-corrected chi connectivity index (χ2v) is 6.57. The molecule has 19 heavy (non-hydrogen) atoms. The van der Waals surface area contributed by atoms with Gasteiger partial charge in [0, 0.05) is 12.6 Å². The largest absolute Gasteiger partial charge is 0.491 e. The van der Waals surface area contributed by atoms with Crippen molar-refractivity contribution < 1.29 is 4.74 Å². The van der Waals surface area contributed by atoms with Gasteiger partial charge in [0.15, 0.2) is 0 Å². The van der Waals surface area contributed by atoms with E-state index in [1.54, 1.807) is 0 Å². The van der Waals surface area contributed by atoms with Crippen LogP contribution in [0.3, 0.4) is 0 Å². The molecule has 2 unspecified atom stereocenters. The second-order valence-electron chi connectivity index (χ2n) is 6.57. The third-order valence-electron chi connectivity index (χ3n) is 3.23. The summed E-state index contributed by atoms with van der Waals surface area (Å²) in [5.41, 5.74) is 1.62. The molecule has 0 saturated carbocycles. The molecule has 0 bridgehead atoms. The second kappa shape index (κ2) is 6.95. The van der Waals surface area contributed by atoms with E-state index >= 15 is 0 Å². The molecular weight excluding hydrogens is 234 g/mol. The minimum absolute atomic E-state index is 0.280. The van der Waals surface area contributed by atoms with Crippen LogP contribution in [0.5, 0.6) is 5.75 Å². The molecule has 0 radical (unpaired) electrons. The molecule has 0 fully saturated rings. The summed E-state index contributed by atoms with van der Waals surface area (Å²) >= 11 is 0. The number of hydrogen-bond acceptors (Lipinski definition) is 2. The van der Waals surface area contributed by atoms with Crippen molar-refractivity contribution >= 4 is 0 Å². The smallest absolute Gasteiger partial charge is 0.119 e. The van der Waals surface area contributed by atoms with Crippen molar-refractivity contribution in [2.75, 3.05) is 6.54 Å². The SMILES string of the molecule is CCC(C)Oc1ccc(C(C)NCC(C)(C)C)cc1. The Labute approximate surface area is 118 Å². The molecule has 0 amide bonds. The fourth-order valence-electron chi connectivity index (χ4n) is 1.73. The first-order chi connectivity index (χ1) is 8.81. The van der Waals surface area contributed by atoms with Crippen molar-refractivity contribution in [2.24, 2.45) is 5.41 Å². The molecule has 2 heteroatoms. The van der Waals surface area contributed by atoms with Gasteiger partial charge in [0.1, 0.15) is 5.75 Å². The summed E-state index contributed by atoms with van der Waals surface area (Å²) in [6.45, 7) is 14.2. The summed E-state index contributed by atoms with van der Waals surface area (Å²) < 4.78 is 5.79. The summed E-state index contributed by atoms with van der Waals surface area (Å²) in [7, 11) is 0. The molecule has 0 heterocycles. The average Bonchev–Trinajstić information content (AvgIpc) is 2.36. The summed E-state index contributed by atoms with van der Waals surface area (Å²) in [6.07, 6.45) is 1.31. The fraction of sp³-hybridized carbons (Fsp3) is 0.647. The Morgan fingerprint density at radius 2 is 1.68 bits per heavy atom. The van der Waals surface area contributed by atoms with Crippen LogP contribution < -0.4 is 10.1 Å². The summed E-state index contributed by atoms with van der Waals surface area (Å²) in [5.74, 6) is 0.959. The van der Waals surface area contributed by atoms with Crippen LogP contribution in [0.4, 0.5) is 0 Å². The highest BCUT2D eigenvalue weighted by Gasteiger charge is 2.12. The first-order valence-corrected chi connectivity index (χ1v) is 7.32. The Balaban J connectivity index is 2.55. The van der Waals surface area contributed by atoms with E-state index in [4.69, 9.17) is 4.74 Å². The zero-order valence-corrected chi connectivity index (χ0v) is 13.3. The maximum Gasteiger partial charge on any atom is 0.119 e. The minimum Gasteiger partial charge on any atom is -0.491 e. The van der Waals surface area contributed by atoms with Gasteiger partial charge in [-0.05, 0) is 43.4 Å². The van der Waals surface area contributed by atoms with Crippen molar-refractivity contribution in [2.45, 2.75) is 60.1 Å². The molecular formula is C17H29NO. The van der Waals surface area contributed by atoms with Gasteiger partial charge in [0.25, 0.3) is 0 Å². The first kappa shape index (κ1) is 16.0. The van der Waals surface area contributed by atoms with Crippen LogP contribution in [0.2, 0.25) is 0 Å². The van der Waals surface area contributed by atoms with Crippen LogP contribution in [0.1, 0.15) is 59.6 Å². The lowest BCUT2D eigenvalue weighted by atomic mass is 9.96. The maximum absolute atomic E-state index is 5.79. The molecule has 0 aliphatic heterocycles. The molecule has 1 aromatic rings. The lowest BCUT2D eigenvalue weighted by molar-refractivity contribution is 0.217. The third kappa shape index (κ3) is 6.11. The topological polar surface area (TPSA) is 21.3 Å². The Morgan fingerprint density at radius 1 is 1.11 bits per heavy atom. The Hall–Kier alpha value is -1.02. The van der Waals surface area contributed by atoms with Crippen LogP contribution >= 0.6 is 0 Å². The molecule has 1 aromatic carbocycles. The van der Waals surface area contributed by atoms with E-state index in [1.165, 1.54) is 5.56 Å². The van der Waals surface area contributed by atoms with Crippen LogP contribution in [0.25, 0.3) is 0 Å². The van der Waals surface area contributed by atoms with Crippen molar-refractivity contribution in [1.29, 1.82) is 0 Å². The number of rotatable bonds is 6. The van der Waals surface area contributed by atoms with Crippen LogP contribution in [0, 0.1) is 5.41 Å². The zero-order valence-electron chi connectivity index (χ0n) is 13.3. The maximum atomic E-state index is 5.79. The number of nitrogens with one attached hydrogen (secondary N) is 1. The molecule has 0 aliphatic rings. The van der Waals surface area contributed by atoms with Crippen molar-refractivity contribution in [3.8, 4) is 5.75 Å². The molecule has 0 aromatic heterocycles. The van der Waals surface area contributed by atoms with Gasteiger partial charge in [0.2, 0.25) is 0 Å². The lowest BCUT2D eigenvalue weighted by Crippen LogP contribution is -2.29. The predicted octanol–water partition coefficient (Wildman–Crippen LogP) is 4.56. The monoisotopic (exact) mass is 263 g/mol. The average molecular weight is 263 g/mol. The Kier molecular flexibility index (Phi) is 5.86. The minimum atomic E-state index is 0.280. The molecule has 2 nitrogen and oxygen atoms in total. The van der Waals surface area contributed by atoms with E-state index in [9.17, 15) is 0 Å². The van der Waals surface area contributed by atoms with Crippen LogP contribution in [-0.2, 0) is 0 Å². The predicted molar refractivity (Wildman–Crippen MR) is 82.7 cm³/mol. The Morgan fingerprint density at radius 3 is 2.16 bits per heavy atom. The molecule has 0 spiro atoms. The zero-order chi connectivity index (χ0) is 14.5. The number of hydrogen-bond donors (Lipinski definition) is 1.